The highest BCUT2D eigenvalue weighted by atomic mass is 79.9. The van der Waals surface area contributed by atoms with Crippen LogP contribution < -0.4 is 20.5 Å². The van der Waals surface area contributed by atoms with Crippen LogP contribution in [0.5, 0.6) is 11.5 Å². The molecule has 0 saturated heterocycles. The molecular formula is C15H21BrN2O3. The number of hydrogen-bond acceptors (Lipinski definition) is 4. The van der Waals surface area contributed by atoms with Crippen molar-refractivity contribution in [1.82, 2.24) is 5.32 Å². The maximum atomic E-state index is 11.7. The van der Waals surface area contributed by atoms with Crippen molar-refractivity contribution in [3.05, 3.63) is 22.2 Å². The van der Waals surface area contributed by atoms with Gasteiger partial charge in [-0.25, -0.2) is 0 Å². The highest BCUT2D eigenvalue weighted by molar-refractivity contribution is 9.10. The van der Waals surface area contributed by atoms with Crippen LogP contribution in [0.15, 0.2) is 16.6 Å². The van der Waals surface area contributed by atoms with Gasteiger partial charge in [0.05, 0.1) is 11.6 Å². The quantitative estimate of drug-likeness (QED) is 0.783. The van der Waals surface area contributed by atoms with E-state index in [9.17, 15) is 4.79 Å². The minimum absolute atomic E-state index is 0.0158. The van der Waals surface area contributed by atoms with Crippen molar-refractivity contribution in [3.8, 4) is 11.5 Å². The molecule has 1 fully saturated rings. The molecule has 0 heterocycles. The van der Waals surface area contributed by atoms with Crippen LogP contribution in [0.3, 0.4) is 0 Å². The molecule has 1 aromatic carbocycles. The van der Waals surface area contributed by atoms with Crippen LogP contribution in [-0.2, 0) is 11.2 Å². The molecule has 1 amide bonds. The highest BCUT2D eigenvalue weighted by Crippen LogP contribution is 2.37. The van der Waals surface area contributed by atoms with Gasteiger partial charge in [-0.05, 0) is 59.8 Å². The summed E-state index contributed by atoms with van der Waals surface area (Å²) in [6.45, 7) is 1.94. The predicted octanol–water partition coefficient (Wildman–Crippen LogP) is 2.00. The Balaban J connectivity index is 2.04. The van der Waals surface area contributed by atoms with E-state index in [1.54, 1.807) is 7.11 Å². The van der Waals surface area contributed by atoms with Crippen LogP contribution in [0.1, 0.15) is 25.3 Å². The number of hydrogen-bond donors (Lipinski definition) is 2. The first-order valence-electron chi connectivity index (χ1n) is 7.03. The van der Waals surface area contributed by atoms with Gasteiger partial charge in [0, 0.05) is 12.1 Å². The summed E-state index contributed by atoms with van der Waals surface area (Å²) in [6.07, 6.45) is 2.87. The van der Waals surface area contributed by atoms with Gasteiger partial charge in [0.2, 0.25) is 0 Å². The molecule has 1 aliphatic carbocycles. The van der Waals surface area contributed by atoms with Crippen LogP contribution in [0.25, 0.3) is 0 Å². The lowest BCUT2D eigenvalue weighted by molar-refractivity contribution is -0.123. The lowest BCUT2D eigenvalue weighted by atomic mass is 10.1. The summed E-state index contributed by atoms with van der Waals surface area (Å²) in [6, 6.07) is 4.24. The van der Waals surface area contributed by atoms with E-state index in [-0.39, 0.29) is 18.6 Å². The maximum Gasteiger partial charge on any atom is 0.258 e. The van der Waals surface area contributed by atoms with Gasteiger partial charge in [-0.1, -0.05) is 0 Å². The van der Waals surface area contributed by atoms with E-state index >= 15 is 0 Å². The number of carbonyl (C=O) groups is 1. The molecular weight excluding hydrogens is 336 g/mol. The third-order valence-electron chi connectivity index (χ3n) is 3.14. The Morgan fingerprint density at radius 3 is 2.81 bits per heavy atom. The Morgan fingerprint density at radius 1 is 1.52 bits per heavy atom. The first kappa shape index (κ1) is 16.1. The number of rotatable bonds is 7. The summed E-state index contributed by atoms with van der Waals surface area (Å²) in [5.74, 6) is 1.03. The zero-order chi connectivity index (χ0) is 15.4. The molecule has 0 radical (unpaired) electrons. The Hall–Kier alpha value is -1.27. The number of ether oxygens (including phenoxy) is 2. The van der Waals surface area contributed by atoms with E-state index in [1.807, 2.05) is 19.1 Å². The van der Waals surface area contributed by atoms with E-state index in [1.165, 1.54) is 0 Å². The van der Waals surface area contributed by atoms with Crippen LogP contribution in [0.2, 0.25) is 0 Å². The zero-order valence-electron chi connectivity index (χ0n) is 12.3. The summed E-state index contributed by atoms with van der Waals surface area (Å²) in [7, 11) is 1.58. The van der Waals surface area contributed by atoms with Crippen molar-refractivity contribution in [2.75, 3.05) is 13.7 Å². The number of carbonyl (C=O) groups excluding carboxylic acids is 1. The molecule has 0 bridgehead atoms. The standard InChI is InChI=1S/C15H21BrN2O3/c1-9(17)5-10-6-12(16)15(13(7-10)20-2)21-8-14(19)18-11-3-4-11/h6-7,9,11H,3-5,8,17H2,1-2H3,(H,18,19). The number of halogens is 1. The van der Waals surface area contributed by atoms with E-state index in [0.29, 0.717) is 17.5 Å². The van der Waals surface area contributed by atoms with Gasteiger partial charge in [0.1, 0.15) is 0 Å². The van der Waals surface area contributed by atoms with Crippen molar-refractivity contribution in [1.29, 1.82) is 0 Å². The van der Waals surface area contributed by atoms with Gasteiger partial charge in [0.15, 0.2) is 18.1 Å². The fraction of sp³-hybridized carbons (Fsp3) is 0.533. The van der Waals surface area contributed by atoms with Crippen molar-refractivity contribution in [2.24, 2.45) is 5.73 Å². The highest BCUT2D eigenvalue weighted by Gasteiger charge is 2.23. The molecule has 116 valence electrons. The molecule has 1 aromatic rings. The van der Waals surface area contributed by atoms with Gasteiger partial charge in [-0.2, -0.15) is 0 Å². The number of nitrogens with two attached hydrogens (primary N) is 1. The Labute approximate surface area is 133 Å². The SMILES string of the molecule is COc1cc(CC(C)N)cc(Br)c1OCC(=O)NC1CC1. The molecule has 1 atom stereocenters. The van der Waals surface area contributed by atoms with E-state index < -0.39 is 0 Å². The van der Waals surface area contributed by atoms with E-state index in [0.717, 1.165) is 29.3 Å². The minimum atomic E-state index is -0.105. The second-order valence-electron chi connectivity index (χ2n) is 5.42. The third-order valence-corrected chi connectivity index (χ3v) is 3.73. The predicted molar refractivity (Wildman–Crippen MR) is 84.7 cm³/mol. The molecule has 1 unspecified atom stereocenters. The summed E-state index contributed by atoms with van der Waals surface area (Å²) in [4.78, 5) is 11.7. The van der Waals surface area contributed by atoms with E-state index in [2.05, 4.69) is 21.2 Å². The smallest absolute Gasteiger partial charge is 0.258 e. The topological polar surface area (TPSA) is 73.6 Å². The van der Waals surface area contributed by atoms with E-state index in [4.69, 9.17) is 15.2 Å². The molecule has 1 aliphatic rings. The normalized spacial score (nSPS) is 15.4. The largest absolute Gasteiger partial charge is 0.493 e. The van der Waals surface area contributed by atoms with Crippen molar-refractivity contribution >= 4 is 21.8 Å². The maximum absolute atomic E-state index is 11.7. The minimum Gasteiger partial charge on any atom is -0.493 e. The molecule has 1 saturated carbocycles. The molecule has 0 aromatic heterocycles. The number of nitrogens with one attached hydrogen (secondary N) is 1. The molecule has 0 aliphatic heterocycles. The van der Waals surface area contributed by atoms with Crippen LogP contribution in [0, 0.1) is 0 Å². The molecule has 0 spiro atoms. The van der Waals surface area contributed by atoms with Crippen LogP contribution in [0.4, 0.5) is 0 Å². The monoisotopic (exact) mass is 356 g/mol. The number of benzene rings is 1. The molecule has 5 nitrogen and oxygen atoms in total. The fourth-order valence-corrected chi connectivity index (χ4v) is 2.64. The number of amides is 1. The second-order valence-corrected chi connectivity index (χ2v) is 6.28. The Morgan fingerprint density at radius 2 is 2.24 bits per heavy atom. The average molecular weight is 357 g/mol. The van der Waals surface area contributed by atoms with Crippen molar-refractivity contribution in [3.63, 3.8) is 0 Å². The average Bonchev–Trinajstić information content (AvgIpc) is 3.20. The Bertz CT molecular complexity index is 516. The van der Waals surface area contributed by atoms with Gasteiger partial charge >= 0.3 is 0 Å². The summed E-state index contributed by atoms with van der Waals surface area (Å²) in [5, 5.41) is 2.88. The third kappa shape index (κ3) is 4.89. The lowest BCUT2D eigenvalue weighted by Crippen LogP contribution is -2.30. The first-order valence-corrected chi connectivity index (χ1v) is 7.83. The van der Waals surface area contributed by atoms with Crippen molar-refractivity contribution in [2.45, 2.75) is 38.3 Å². The fourth-order valence-electron chi connectivity index (χ4n) is 2.04. The van der Waals surface area contributed by atoms with Crippen LogP contribution >= 0.6 is 15.9 Å². The molecule has 2 rings (SSSR count). The second kappa shape index (κ2) is 7.13. The summed E-state index contributed by atoms with van der Waals surface area (Å²) < 4.78 is 11.7. The molecule has 3 N–H and O–H groups in total. The zero-order valence-corrected chi connectivity index (χ0v) is 13.9. The number of methoxy groups -OCH3 is 1. The van der Waals surface area contributed by atoms with Gasteiger partial charge in [0.25, 0.3) is 5.91 Å². The molecule has 6 heteroatoms. The van der Waals surface area contributed by atoms with Crippen molar-refractivity contribution < 1.29 is 14.3 Å². The van der Waals surface area contributed by atoms with Gasteiger partial charge in [-0.15, -0.1) is 0 Å². The summed E-state index contributed by atoms with van der Waals surface area (Å²) >= 11 is 3.46. The molecule has 21 heavy (non-hydrogen) atoms. The Kier molecular flexibility index (Phi) is 5.47. The van der Waals surface area contributed by atoms with Gasteiger partial charge in [-0.3, -0.25) is 4.79 Å². The van der Waals surface area contributed by atoms with Gasteiger partial charge < -0.3 is 20.5 Å². The van der Waals surface area contributed by atoms with Crippen LogP contribution in [-0.4, -0.2) is 31.7 Å². The first-order chi connectivity index (χ1) is 9.99. The summed E-state index contributed by atoms with van der Waals surface area (Å²) in [5.41, 5.74) is 6.87. The lowest BCUT2D eigenvalue weighted by Gasteiger charge is -2.15.